The number of aromatic nitrogens is 4. The highest BCUT2D eigenvalue weighted by atomic mass is 15.2. The molecule has 19 heavy (non-hydrogen) atoms. The molecule has 3 rings (SSSR count). The molecule has 5 heteroatoms. The van der Waals surface area contributed by atoms with E-state index in [4.69, 9.17) is 0 Å². The molecule has 102 valence electrons. The second kappa shape index (κ2) is 5.57. The van der Waals surface area contributed by atoms with Crippen molar-refractivity contribution >= 4 is 0 Å². The lowest BCUT2D eigenvalue weighted by molar-refractivity contribution is 0.595. The van der Waals surface area contributed by atoms with Gasteiger partial charge in [-0.3, -0.25) is 0 Å². The molecule has 5 nitrogen and oxygen atoms in total. The molecule has 0 radical (unpaired) electrons. The van der Waals surface area contributed by atoms with Gasteiger partial charge in [-0.25, -0.2) is 9.97 Å². The summed E-state index contributed by atoms with van der Waals surface area (Å²) in [7, 11) is 0. The zero-order valence-electron chi connectivity index (χ0n) is 11.4. The van der Waals surface area contributed by atoms with Crippen LogP contribution in [0.4, 0.5) is 0 Å². The summed E-state index contributed by atoms with van der Waals surface area (Å²) in [5, 5.41) is 3.40. The molecule has 1 aliphatic rings. The molecule has 0 aromatic carbocycles. The highest BCUT2D eigenvalue weighted by Gasteiger charge is 2.25. The lowest BCUT2D eigenvalue weighted by Crippen LogP contribution is -2.18. The van der Waals surface area contributed by atoms with Gasteiger partial charge in [-0.2, -0.15) is 0 Å². The number of hydrogen-bond acceptors (Lipinski definition) is 3. The van der Waals surface area contributed by atoms with Crippen LogP contribution in [0.5, 0.6) is 0 Å². The van der Waals surface area contributed by atoms with Crippen molar-refractivity contribution in [3.8, 4) is 0 Å². The number of rotatable bonds is 7. The van der Waals surface area contributed by atoms with Crippen molar-refractivity contribution in [3.63, 3.8) is 0 Å². The molecule has 0 atom stereocenters. The Morgan fingerprint density at radius 2 is 2.32 bits per heavy atom. The minimum Gasteiger partial charge on any atom is -0.330 e. The molecule has 0 aliphatic heterocycles. The smallest absolute Gasteiger partial charge is 0.123 e. The molecule has 1 saturated carbocycles. The van der Waals surface area contributed by atoms with Crippen molar-refractivity contribution in [1.29, 1.82) is 0 Å². The van der Waals surface area contributed by atoms with Gasteiger partial charge in [0.2, 0.25) is 0 Å². The fourth-order valence-electron chi connectivity index (χ4n) is 2.34. The first-order valence-corrected chi connectivity index (χ1v) is 7.10. The van der Waals surface area contributed by atoms with E-state index in [0.29, 0.717) is 6.04 Å². The van der Waals surface area contributed by atoms with Crippen molar-refractivity contribution in [2.45, 2.75) is 45.3 Å². The summed E-state index contributed by atoms with van der Waals surface area (Å²) >= 11 is 0. The Kier molecular flexibility index (Phi) is 3.64. The minimum atomic E-state index is 0.683. The summed E-state index contributed by atoms with van der Waals surface area (Å²) < 4.78 is 4.52. The van der Waals surface area contributed by atoms with Crippen LogP contribution in [0.3, 0.4) is 0 Å². The van der Waals surface area contributed by atoms with Crippen molar-refractivity contribution in [1.82, 2.24) is 24.4 Å². The van der Waals surface area contributed by atoms with E-state index in [2.05, 4.69) is 31.3 Å². The van der Waals surface area contributed by atoms with Crippen LogP contribution in [-0.4, -0.2) is 25.6 Å². The molecule has 1 N–H and O–H groups in total. The highest BCUT2D eigenvalue weighted by Crippen LogP contribution is 2.35. The number of nitrogens with one attached hydrogen (secondary N) is 1. The van der Waals surface area contributed by atoms with Gasteiger partial charge in [-0.05, 0) is 25.8 Å². The molecule has 2 aromatic heterocycles. The standard InChI is InChI=1S/C14H21N5/c1-2-5-15-9-14-17-6-7-18(14)10-13-8-16-11-19(13)12-3-4-12/h6-8,11-12,15H,2-5,9-10H2,1H3. The van der Waals surface area contributed by atoms with E-state index in [1.807, 2.05) is 24.9 Å². The molecule has 0 bridgehead atoms. The van der Waals surface area contributed by atoms with Gasteiger partial charge in [0.25, 0.3) is 0 Å². The van der Waals surface area contributed by atoms with Gasteiger partial charge < -0.3 is 14.5 Å². The predicted octanol–water partition coefficient (Wildman–Crippen LogP) is 1.96. The van der Waals surface area contributed by atoms with Crippen molar-refractivity contribution in [2.75, 3.05) is 6.54 Å². The summed E-state index contributed by atoms with van der Waals surface area (Å²) in [5.74, 6) is 1.09. The third kappa shape index (κ3) is 2.87. The first-order valence-electron chi connectivity index (χ1n) is 7.10. The molecule has 0 spiro atoms. The second-order valence-electron chi connectivity index (χ2n) is 5.17. The average Bonchev–Trinajstić information content (AvgIpc) is 3.00. The lowest BCUT2D eigenvalue weighted by Gasteiger charge is -2.10. The fourth-order valence-corrected chi connectivity index (χ4v) is 2.34. The second-order valence-corrected chi connectivity index (χ2v) is 5.17. The number of hydrogen-bond donors (Lipinski definition) is 1. The molecule has 2 heterocycles. The molecular weight excluding hydrogens is 238 g/mol. The third-order valence-corrected chi connectivity index (χ3v) is 3.53. The molecule has 2 aromatic rings. The summed E-state index contributed by atoms with van der Waals surface area (Å²) in [6.07, 6.45) is 11.6. The zero-order valence-corrected chi connectivity index (χ0v) is 11.4. The van der Waals surface area contributed by atoms with Gasteiger partial charge in [0.05, 0.1) is 25.1 Å². The first-order chi connectivity index (χ1) is 9.38. The largest absolute Gasteiger partial charge is 0.330 e. The summed E-state index contributed by atoms with van der Waals surface area (Å²) in [6, 6.07) is 0.683. The van der Waals surface area contributed by atoms with Gasteiger partial charge in [-0.1, -0.05) is 6.92 Å². The molecular formula is C14H21N5. The number of imidazole rings is 2. The Hall–Kier alpha value is -1.62. The number of nitrogens with zero attached hydrogens (tertiary/aromatic N) is 4. The van der Waals surface area contributed by atoms with Crippen molar-refractivity contribution in [3.05, 3.63) is 36.4 Å². The first kappa shape index (κ1) is 12.4. The Labute approximate surface area is 113 Å². The normalized spacial score (nSPS) is 15.0. The van der Waals surface area contributed by atoms with Crippen LogP contribution in [-0.2, 0) is 13.1 Å². The maximum Gasteiger partial charge on any atom is 0.123 e. The van der Waals surface area contributed by atoms with Gasteiger partial charge in [0.1, 0.15) is 5.82 Å². The maximum atomic E-state index is 4.43. The van der Waals surface area contributed by atoms with Gasteiger partial charge in [-0.15, -0.1) is 0 Å². The van der Waals surface area contributed by atoms with Crippen LogP contribution in [0, 0.1) is 0 Å². The summed E-state index contributed by atoms with van der Waals surface area (Å²) in [5.41, 5.74) is 1.28. The van der Waals surface area contributed by atoms with E-state index in [1.165, 1.54) is 18.5 Å². The van der Waals surface area contributed by atoms with Crippen LogP contribution in [0.1, 0.15) is 43.7 Å². The quantitative estimate of drug-likeness (QED) is 0.773. The highest BCUT2D eigenvalue weighted by molar-refractivity contribution is 5.06. The Balaban J connectivity index is 1.68. The molecule has 0 amide bonds. The lowest BCUT2D eigenvalue weighted by atomic mass is 10.4. The van der Waals surface area contributed by atoms with E-state index in [0.717, 1.165) is 31.9 Å². The van der Waals surface area contributed by atoms with E-state index < -0.39 is 0 Å². The molecule has 1 aliphatic carbocycles. The van der Waals surface area contributed by atoms with Gasteiger partial charge >= 0.3 is 0 Å². The van der Waals surface area contributed by atoms with Crippen molar-refractivity contribution in [2.24, 2.45) is 0 Å². The SMILES string of the molecule is CCCNCc1nccn1Cc1cncn1C1CC1. The fraction of sp³-hybridized carbons (Fsp3) is 0.571. The molecule has 0 unspecified atom stereocenters. The predicted molar refractivity (Wildman–Crippen MR) is 73.8 cm³/mol. The molecule has 0 saturated heterocycles. The Morgan fingerprint density at radius 3 is 3.11 bits per heavy atom. The monoisotopic (exact) mass is 259 g/mol. The zero-order chi connectivity index (χ0) is 13.1. The van der Waals surface area contributed by atoms with Crippen LogP contribution in [0.15, 0.2) is 24.9 Å². The maximum absolute atomic E-state index is 4.43. The van der Waals surface area contributed by atoms with Crippen LogP contribution < -0.4 is 5.32 Å². The van der Waals surface area contributed by atoms with Crippen LogP contribution in [0.2, 0.25) is 0 Å². The Morgan fingerprint density at radius 1 is 1.42 bits per heavy atom. The van der Waals surface area contributed by atoms with E-state index >= 15 is 0 Å². The topological polar surface area (TPSA) is 47.7 Å². The summed E-state index contributed by atoms with van der Waals surface area (Å²) in [6.45, 7) is 4.90. The van der Waals surface area contributed by atoms with Crippen LogP contribution in [0.25, 0.3) is 0 Å². The average molecular weight is 259 g/mol. The van der Waals surface area contributed by atoms with Gasteiger partial charge in [0, 0.05) is 24.6 Å². The van der Waals surface area contributed by atoms with E-state index in [9.17, 15) is 0 Å². The molecule has 1 fully saturated rings. The van der Waals surface area contributed by atoms with Crippen molar-refractivity contribution < 1.29 is 0 Å². The summed E-state index contributed by atoms with van der Waals surface area (Å²) in [4.78, 5) is 8.71. The third-order valence-electron chi connectivity index (χ3n) is 3.53. The van der Waals surface area contributed by atoms with E-state index in [1.54, 1.807) is 0 Å². The van der Waals surface area contributed by atoms with Crippen LogP contribution >= 0.6 is 0 Å². The van der Waals surface area contributed by atoms with Gasteiger partial charge in [0.15, 0.2) is 0 Å². The Bertz CT molecular complexity index is 523. The van der Waals surface area contributed by atoms with E-state index in [-0.39, 0.29) is 0 Å². The minimum absolute atomic E-state index is 0.683.